The third-order valence-corrected chi connectivity index (χ3v) is 1.62. The Morgan fingerprint density at radius 3 is 2.75 bits per heavy atom. The van der Waals surface area contributed by atoms with Gasteiger partial charge in [0.2, 0.25) is 0 Å². The van der Waals surface area contributed by atoms with Crippen LogP contribution in [0.25, 0.3) is 0 Å². The van der Waals surface area contributed by atoms with Gasteiger partial charge in [-0.25, -0.2) is 4.39 Å². The van der Waals surface area contributed by atoms with E-state index in [1.54, 1.807) is 6.92 Å². The Bertz CT molecular complexity index is 326. The molecular weight excluding hydrogens is 155 g/mol. The molecule has 0 aromatic heterocycles. The number of benzene rings is 1. The van der Waals surface area contributed by atoms with Crippen LogP contribution in [-0.2, 0) is 0 Å². The molecule has 2 N–H and O–H groups in total. The number of hydrogen-bond donors (Lipinski definition) is 1. The zero-order valence-electron chi connectivity index (χ0n) is 6.71. The van der Waals surface area contributed by atoms with Crippen LogP contribution in [0.4, 0.5) is 4.39 Å². The number of nitrogens with zero attached hydrogens (tertiary/aromatic N) is 1. The fourth-order valence-electron chi connectivity index (χ4n) is 1.01. The predicted molar refractivity (Wildman–Crippen MR) is 43.7 cm³/mol. The highest BCUT2D eigenvalue weighted by Gasteiger charge is 2.06. The van der Waals surface area contributed by atoms with Gasteiger partial charge in [0.25, 0.3) is 0 Å². The molecule has 3 heteroatoms. The monoisotopic (exact) mass is 164 g/mol. The molecule has 0 aliphatic rings. The van der Waals surface area contributed by atoms with Gasteiger partial charge in [0, 0.05) is 6.04 Å². The van der Waals surface area contributed by atoms with E-state index in [1.807, 2.05) is 6.07 Å². The third kappa shape index (κ3) is 1.60. The first-order valence-electron chi connectivity index (χ1n) is 3.60. The number of nitriles is 1. The van der Waals surface area contributed by atoms with Gasteiger partial charge in [-0.15, -0.1) is 0 Å². The number of nitrogens with two attached hydrogens (primary N) is 1. The molecule has 0 bridgehead atoms. The minimum absolute atomic E-state index is 0.310. The van der Waals surface area contributed by atoms with Crippen LogP contribution in [-0.4, -0.2) is 0 Å². The smallest absolute Gasteiger partial charge is 0.123 e. The van der Waals surface area contributed by atoms with Gasteiger partial charge in [-0.3, -0.25) is 0 Å². The molecule has 1 atom stereocenters. The van der Waals surface area contributed by atoms with E-state index in [2.05, 4.69) is 0 Å². The summed E-state index contributed by atoms with van der Waals surface area (Å²) in [6.07, 6.45) is 0. The van der Waals surface area contributed by atoms with E-state index in [4.69, 9.17) is 11.0 Å². The molecule has 0 fully saturated rings. The molecule has 1 unspecified atom stereocenters. The standard InChI is InChI=1S/C9H9FN2/c1-6(12)9-4-8(10)3-2-7(9)5-11/h2-4,6H,12H2,1H3. The molecule has 0 radical (unpaired) electrons. The van der Waals surface area contributed by atoms with Gasteiger partial charge in [0.15, 0.2) is 0 Å². The quantitative estimate of drug-likeness (QED) is 0.687. The van der Waals surface area contributed by atoms with Crippen molar-refractivity contribution in [3.05, 3.63) is 35.1 Å². The Kier molecular flexibility index (Phi) is 2.41. The van der Waals surface area contributed by atoms with Crippen molar-refractivity contribution in [1.29, 1.82) is 5.26 Å². The lowest BCUT2D eigenvalue weighted by atomic mass is 10.0. The van der Waals surface area contributed by atoms with Gasteiger partial charge < -0.3 is 5.73 Å². The fourth-order valence-corrected chi connectivity index (χ4v) is 1.01. The van der Waals surface area contributed by atoms with E-state index in [1.165, 1.54) is 18.2 Å². The molecule has 0 spiro atoms. The van der Waals surface area contributed by atoms with E-state index < -0.39 is 0 Å². The van der Waals surface area contributed by atoms with Crippen LogP contribution in [0, 0.1) is 17.1 Å². The summed E-state index contributed by atoms with van der Waals surface area (Å²) >= 11 is 0. The Morgan fingerprint density at radius 2 is 2.25 bits per heavy atom. The molecule has 0 amide bonds. The lowest BCUT2D eigenvalue weighted by molar-refractivity contribution is 0.622. The van der Waals surface area contributed by atoms with E-state index in [-0.39, 0.29) is 11.9 Å². The predicted octanol–water partition coefficient (Wildman–Crippen LogP) is 1.72. The van der Waals surface area contributed by atoms with Crippen molar-refractivity contribution in [3.63, 3.8) is 0 Å². The Balaban J connectivity index is 3.24. The van der Waals surface area contributed by atoms with Gasteiger partial charge in [-0.2, -0.15) is 5.26 Å². The highest BCUT2D eigenvalue weighted by Crippen LogP contribution is 2.16. The Morgan fingerprint density at radius 1 is 1.58 bits per heavy atom. The van der Waals surface area contributed by atoms with Crippen molar-refractivity contribution in [1.82, 2.24) is 0 Å². The van der Waals surface area contributed by atoms with Crippen molar-refractivity contribution in [2.24, 2.45) is 5.73 Å². The summed E-state index contributed by atoms with van der Waals surface area (Å²) in [5, 5.41) is 8.63. The first-order valence-corrected chi connectivity index (χ1v) is 3.60. The van der Waals surface area contributed by atoms with Crippen molar-refractivity contribution in [2.45, 2.75) is 13.0 Å². The Labute approximate surface area is 70.4 Å². The average molecular weight is 164 g/mol. The average Bonchev–Trinajstić information content (AvgIpc) is 2.04. The fraction of sp³-hybridized carbons (Fsp3) is 0.222. The maximum Gasteiger partial charge on any atom is 0.123 e. The summed E-state index contributed by atoms with van der Waals surface area (Å²) < 4.78 is 12.7. The van der Waals surface area contributed by atoms with E-state index >= 15 is 0 Å². The molecule has 1 aromatic rings. The normalized spacial score (nSPS) is 12.2. The van der Waals surface area contributed by atoms with Crippen LogP contribution in [0.3, 0.4) is 0 Å². The second-order valence-electron chi connectivity index (χ2n) is 2.63. The second kappa shape index (κ2) is 3.33. The number of hydrogen-bond acceptors (Lipinski definition) is 2. The van der Waals surface area contributed by atoms with Crippen LogP contribution < -0.4 is 5.73 Å². The molecule has 0 aliphatic carbocycles. The molecule has 0 heterocycles. The highest BCUT2D eigenvalue weighted by atomic mass is 19.1. The summed E-state index contributed by atoms with van der Waals surface area (Å²) in [5.74, 6) is -0.360. The first kappa shape index (κ1) is 8.69. The first-order chi connectivity index (χ1) is 5.65. The SMILES string of the molecule is CC(N)c1cc(F)ccc1C#N. The summed E-state index contributed by atoms with van der Waals surface area (Å²) in [5.41, 5.74) is 6.53. The maximum absolute atomic E-state index is 12.7. The highest BCUT2D eigenvalue weighted by molar-refractivity contribution is 5.39. The van der Waals surface area contributed by atoms with Crippen LogP contribution in [0.1, 0.15) is 24.1 Å². The molecule has 12 heavy (non-hydrogen) atoms. The third-order valence-electron chi connectivity index (χ3n) is 1.62. The van der Waals surface area contributed by atoms with Gasteiger partial charge in [-0.05, 0) is 30.7 Å². The lowest BCUT2D eigenvalue weighted by Crippen LogP contribution is -2.07. The molecule has 62 valence electrons. The minimum atomic E-state index is -0.360. The molecule has 1 rings (SSSR count). The molecule has 0 aliphatic heterocycles. The topological polar surface area (TPSA) is 49.8 Å². The summed E-state index contributed by atoms with van der Waals surface area (Å²) in [6.45, 7) is 1.72. The van der Waals surface area contributed by atoms with Crippen molar-refractivity contribution < 1.29 is 4.39 Å². The van der Waals surface area contributed by atoms with Gasteiger partial charge in [-0.1, -0.05) is 0 Å². The summed E-state index contributed by atoms with van der Waals surface area (Å²) in [6, 6.07) is 5.64. The minimum Gasteiger partial charge on any atom is -0.324 e. The molecule has 1 aromatic carbocycles. The zero-order chi connectivity index (χ0) is 9.14. The van der Waals surface area contributed by atoms with E-state index in [9.17, 15) is 4.39 Å². The van der Waals surface area contributed by atoms with Crippen LogP contribution >= 0.6 is 0 Å². The van der Waals surface area contributed by atoms with Gasteiger partial charge >= 0.3 is 0 Å². The number of rotatable bonds is 1. The zero-order valence-corrected chi connectivity index (χ0v) is 6.71. The van der Waals surface area contributed by atoms with Gasteiger partial charge in [0.05, 0.1) is 11.6 Å². The second-order valence-corrected chi connectivity index (χ2v) is 2.63. The van der Waals surface area contributed by atoms with Crippen molar-refractivity contribution >= 4 is 0 Å². The van der Waals surface area contributed by atoms with Crippen LogP contribution in [0.2, 0.25) is 0 Å². The molecule has 0 saturated heterocycles. The largest absolute Gasteiger partial charge is 0.324 e. The lowest BCUT2D eigenvalue weighted by Gasteiger charge is -2.06. The summed E-state index contributed by atoms with van der Waals surface area (Å²) in [7, 11) is 0. The van der Waals surface area contributed by atoms with E-state index in [0.29, 0.717) is 11.1 Å². The van der Waals surface area contributed by atoms with Crippen molar-refractivity contribution in [2.75, 3.05) is 0 Å². The van der Waals surface area contributed by atoms with E-state index in [0.717, 1.165) is 0 Å². The molecule has 2 nitrogen and oxygen atoms in total. The summed E-state index contributed by atoms with van der Waals surface area (Å²) in [4.78, 5) is 0. The van der Waals surface area contributed by atoms with Crippen LogP contribution in [0.5, 0.6) is 0 Å². The van der Waals surface area contributed by atoms with Gasteiger partial charge in [0.1, 0.15) is 5.82 Å². The maximum atomic E-state index is 12.7. The molecule has 0 saturated carbocycles. The van der Waals surface area contributed by atoms with Crippen molar-refractivity contribution in [3.8, 4) is 6.07 Å². The molecular formula is C9H9FN2. The Hall–Kier alpha value is -1.40. The van der Waals surface area contributed by atoms with Crippen LogP contribution in [0.15, 0.2) is 18.2 Å². The number of halogens is 1.